The maximum Gasteiger partial charge on any atom is 0.411 e. The first-order valence-electron chi connectivity index (χ1n) is 6.05. The predicted molar refractivity (Wildman–Crippen MR) is 66.9 cm³/mol. The summed E-state index contributed by atoms with van der Waals surface area (Å²) >= 11 is 0. The van der Waals surface area contributed by atoms with Crippen molar-refractivity contribution in [3.05, 3.63) is 35.9 Å². The number of nitrogen functional groups attached to an aromatic ring is 1. The fraction of sp³-hybridized carbons (Fsp3) is 0.333. The molecule has 3 rings (SSSR count). The molecule has 2 heterocycles. The van der Waals surface area contributed by atoms with Crippen LogP contribution < -0.4 is 11.1 Å². The van der Waals surface area contributed by atoms with Gasteiger partial charge in [0.25, 0.3) is 0 Å². The van der Waals surface area contributed by atoms with E-state index in [2.05, 4.69) is 15.4 Å². The van der Waals surface area contributed by atoms with Crippen LogP contribution in [0.2, 0.25) is 0 Å². The minimum atomic E-state index is -4.40. The summed E-state index contributed by atoms with van der Waals surface area (Å²) in [6, 6.07) is 6.74. The molecule has 0 fully saturated rings. The first kappa shape index (κ1) is 12.8. The molecule has 0 saturated heterocycles. The van der Waals surface area contributed by atoms with E-state index < -0.39 is 18.3 Å². The van der Waals surface area contributed by atoms with Crippen LogP contribution in [0.5, 0.6) is 0 Å². The highest BCUT2D eigenvalue weighted by Crippen LogP contribution is 2.42. The first-order valence-corrected chi connectivity index (χ1v) is 6.05. The van der Waals surface area contributed by atoms with E-state index in [0.29, 0.717) is 0 Å². The molecule has 0 aliphatic carbocycles. The molecule has 1 aliphatic heterocycles. The molecule has 3 N–H and O–H groups in total. The molecule has 0 radical (unpaired) electrons. The SMILES string of the molecule is Nc1nc2n(n1)[C@H](C(F)(F)F)C[C@@H](c1ccccc1)N2. The van der Waals surface area contributed by atoms with Gasteiger partial charge in [-0.1, -0.05) is 30.3 Å². The van der Waals surface area contributed by atoms with Crippen LogP contribution >= 0.6 is 0 Å². The maximum atomic E-state index is 13.2. The Morgan fingerprint density at radius 2 is 1.95 bits per heavy atom. The minimum Gasteiger partial charge on any atom is -0.366 e. The van der Waals surface area contributed by atoms with Crippen LogP contribution in [0.4, 0.5) is 25.1 Å². The number of benzene rings is 1. The Bertz CT molecular complexity index is 607. The molecular formula is C12H12F3N5. The third-order valence-electron chi connectivity index (χ3n) is 3.28. The number of nitrogens with one attached hydrogen (secondary N) is 1. The van der Waals surface area contributed by atoms with Crippen LogP contribution in [0.25, 0.3) is 0 Å². The summed E-state index contributed by atoms with van der Waals surface area (Å²) in [5.74, 6) is -0.125. The second kappa shape index (κ2) is 4.39. The van der Waals surface area contributed by atoms with Crippen molar-refractivity contribution < 1.29 is 13.2 Å². The molecule has 1 aromatic heterocycles. The van der Waals surface area contributed by atoms with Gasteiger partial charge < -0.3 is 11.1 Å². The molecule has 0 spiro atoms. The zero-order chi connectivity index (χ0) is 14.3. The fourth-order valence-corrected chi connectivity index (χ4v) is 2.37. The van der Waals surface area contributed by atoms with E-state index in [1.807, 2.05) is 6.07 Å². The Balaban J connectivity index is 2.00. The number of aromatic nitrogens is 3. The normalized spacial score (nSPS) is 22.1. The van der Waals surface area contributed by atoms with Gasteiger partial charge in [-0.15, -0.1) is 5.10 Å². The zero-order valence-electron chi connectivity index (χ0n) is 10.3. The lowest BCUT2D eigenvalue weighted by molar-refractivity contribution is -0.173. The van der Waals surface area contributed by atoms with Crippen molar-refractivity contribution in [2.75, 3.05) is 11.1 Å². The highest BCUT2D eigenvalue weighted by atomic mass is 19.4. The molecule has 0 amide bonds. The summed E-state index contributed by atoms with van der Waals surface area (Å²) < 4.78 is 40.3. The Labute approximate surface area is 112 Å². The minimum absolute atomic E-state index is 0.0462. The lowest BCUT2D eigenvalue weighted by Gasteiger charge is -2.32. The van der Waals surface area contributed by atoms with Crippen molar-refractivity contribution in [2.45, 2.75) is 24.7 Å². The molecule has 20 heavy (non-hydrogen) atoms. The molecule has 0 unspecified atom stereocenters. The quantitative estimate of drug-likeness (QED) is 0.843. The van der Waals surface area contributed by atoms with Gasteiger partial charge >= 0.3 is 6.18 Å². The van der Waals surface area contributed by atoms with E-state index in [9.17, 15) is 13.2 Å². The number of fused-ring (bicyclic) bond motifs is 1. The summed E-state index contributed by atoms with van der Waals surface area (Å²) in [5, 5.41) is 6.57. The Kier molecular flexibility index (Phi) is 2.81. The average molecular weight is 283 g/mol. The molecule has 0 bridgehead atoms. The lowest BCUT2D eigenvalue weighted by Crippen LogP contribution is -2.35. The molecule has 106 valence electrons. The second-order valence-electron chi connectivity index (χ2n) is 4.64. The smallest absolute Gasteiger partial charge is 0.366 e. The standard InChI is InChI=1S/C12H12F3N5/c13-12(14,15)9-6-8(7-4-2-1-3-5-7)17-11-18-10(16)19-20(9)11/h1-5,8-9H,6H2,(H3,16,17,18,19)/t8-,9-/m0/s1. The molecule has 5 nitrogen and oxygen atoms in total. The molecule has 2 atom stereocenters. The number of nitrogens with zero attached hydrogens (tertiary/aromatic N) is 3. The van der Waals surface area contributed by atoms with Crippen molar-refractivity contribution in [1.29, 1.82) is 0 Å². The topological polar surface area (TPSA) is 68.8 Å². The van der Waals surface area contributed by atoms with E-state index >= 15 is 0 Å². The van der Waals surface area contributed by atoms with Gasteiger partial charge in [-0.2, -0.15) is 18.2 Å². The van der Waals surface area contributed by atoms with Crippen molar-refractivity contribution in [3.63, 3.8) is 0 Å². The zero-order valence-corrected chi connectivity index (χ0v) is 10.3. The number of rotatable bonds is 1. The van der Waals surface area contributed by atoms with E-state index in [-0.39, 0.29) is 18.3 Å². The van der Waals surface area contributed by atoms with E-state index in [1.165, 1.54) is 0 Å². The molecular weight excluding hydrogens is 271 g/mol. The van der Waals surface area contributed by atoms with Crippen molar-refractivity contribution in [1.82, 2.24) is 14.8 Å². The third-order valence-corrected chi connectivity index (χ3v) is 3.28. The van der Waals surface area contributed by atoms with Crippen molar-refractivity contribution in [2.24, 2.45) is 0 Å². The van der Waals surface area contributed by atoms with Gasteiger partial charge in [-0.05, 0) is 5.56 Å². The number of halogens is 3. The number of anilines is 2. The van der Waals surface area contributed by atoms with E-state index in [0.717, 1.165) is 10.2 Å². The van der Waals surface area contributed by atoms with Gasteiger partial charge in [0.15, 0.2) is 6.04 Å². The number of nitrogens with two attached hydrogens (primary N) is 1. The molecule has 1 aliphatic rings. The molecule has 1 aromatic carbocycles. The fourth-order valence-electron chi connectivity index (χ4n) is 2.37. The number of hydrogen-bond donors (Lipinski definition) is 2. The van der Waals surface area contributed by atoms with Gasteiger partial charge in [0.1, 0.15) is 0 Å². The Hall–Kier alpha value is -2.25. The van der Waals surface area contributed by atoms with E-state index in [4.69, 9.17) is 5.73 Å². The van der Waals surface area contributed by atoms with Gasteiger partial charge in [0, 0.05) is 6.42 Å². The predicted octanol–water partition coefficient (Wildman–Crippen LogP) is 2.52. The Morgan fingerprint density at radius 3 is 2.60 bits per heavy atom. The van der Waals surface area contributed by atoms with Crippen LogP contribution in [0.15, 0.2) is 30.3 Å². The third kappa shape index (κ3) is 2.17. The summed E-state index contributed by atoms with van der Waals surface area (Å²) in [6.07, 6.45) is -4.55. The number of hydrogen-bond acceptors (Lipinski definition) is 4. The number of alkyl halides is 3. The van der Waals surface area contributed by atoms with Gasteiger partial charge in [0.2, 0.25) is 11.9 Å². The van der Waals surface area contributed by atoms with Crippen LogP contribution in [0.1, 0.15) is 24.1 Å². The van der Waals surface area contributed by atoms with Crippen molar-refractivity contribution >= 4 is 11.9 Å². The van der Waals surface area contributed by atoms with Crippen LogP contribution in [-0.4, -0.2) is 20.9 Å². The van der Waals surface area contributed by atoms with Crippen LogP contribution in [0, 0.1) is 0 Å². The molecule has 0 saturated carbocycles. The average Bonchev–Trinajstić information content (AvgIpc) is 2.77. The van der Waals surface area contributed by atoms with Crippen molar-refractivity contribution in [3.8, 4) is 0 Å². The van der Waals surface area contributed by atoms with Gasteiger partial charge in [-0.25, -0.2) is 4.68 Å². The largest absolute Gasteiger partial charge is 0.411 e. The lowest BCUT2D eigenvalue weighted by atomic mass is 9.97. The monoisotopic (exact) mass is 283 g/mol. The summed E-state index contributed by atoms with van der Waals surface area (Å²) in [5.41, 5.74) is 6.17. The van der Waals surface area contributed by atoms with E-state index in [1.54, 1.807) is 24.3 Å². The highest BCUT2D eigenvalue weighted by molar-refractivity contribution is 5.39. The second-order valence-corrected chi connectivity index (χ2v) is 4.64. The van der Waals surface area contributed by atoms with Crippen LogP contribution in [-0.2, 0) is 0 Å². The Morgan fingerprint density at radius 1 is 1.25 bits per heavy atom. The van der Waals surface area contributed by atoms with Gasteiger partial charge in [-0.3, -0.25) is 0 Å². The maximum absolute atomic E-state index is 13.2. The summed E-state index contributed by atoms with van der Waals surface area (Å²) in [7, 11) is 0. The van der Waals surface area contributed by atoms with Gasteiger partial charge in [0.05, 0.1) is 6.04 Å². The molecule has 8 heteroatoms. The highest BCUT2D eigenvalue weighted by Gasteiger charge is 2.47. The summed E-state index contributed by atoms with van der Waals surface area (Å²) in [4.78, 5) is 3.81. The van der Waals surface area contributed by atoms with Crippen LogP contribution in [0.3, 0.4) is 0 Å². The molecule has 2 aromatic rings. The first-order chi connectivity index (χ1) is 9.45. The summed E-state index contributed by atoms with van der Waals surface area (Å²) in [6.45, 7) is 0.